The average Bonchev–Trinajstić information content (AvgIpc) is 2.87. The molecule has 0 saturated carbocycles. The minimum Gasteiger partial charge on any atom is -0.306 e. The Balaban J connectivity index is 1.70. The van der Waals surface area contributed by atoms with Crippen molar-refractivity contribution in [3.05, 3.63) is 64.8 Å². The van der Waals surface area contributed by atoms with Crippen molar-refractivity contribution in [2.75, 3.05) is 0 Å². The van der Waals surface area contributed by atoms with Crippen molar-refractivity contribution >= 4 is 17.2 Å². The molecule has 0 aliphatic heterocycles. The Kier molecular flexibility index (Phi) is 3.62. The molecule has 1 N–H and O–H groups in total. The third-order valence-corrected chi connectivity index (χ3v) is 3.31. The SMILES string of the molecule is Fc1c(Cl)cccc1CNCc1nnc2ccccn12. The number of hydrogen-bond donors (Lipinski definition) is 1. The minimum absolute atomic E-state index is 0.136. The minimum atomic E-state index is -0.382. The Morgan fingerprint density at radius 3 is 2.90 bits per heavy atom. The second-order valence-electron chi connectivity index (χ2n) is 4.36. The van der Waals surface area contributed by atoms with E-state index in [1.165, 1.54) is 6.07 Å². The summed E-state index contributed by atoms with van der Waals surface area (Å²) in [6.45, 7) is 0.880. The van der Waals surface area contributed by atoms with Crippen molar-refractivity contribution in [3.63, 3.8) is 0 Å². The van der Waals surface area contributed by atoms with Gasteiger partial charge in [-0.3, -0.25) is 4.40 Å². The van der Waals surface area contributed by atoms with Gasteiger partial charge in [-0.1, -0.05) is 29.8 Å². The fraction of sp³-hybridized carbons (Fsp3) is 0.143. The maximum atomic E-state index is 13.7. The van der Waals surface area contributed by atoms with E-state index < -0.39 is 0 Å². The number of halogens is 2. The Morgan fingerprint density at radius 2 is 2.00 bits per heavy atom. The highest BCUT2D eigenvalue weighted by molar-refractivity contribution is 6.30. The molecule has 0 amide bonds. The molecule has 4 nitrogen and oxygen atoms in total. The molecule has 2 heterocycles. The van der Waals surface area contributed by atoms with Crippen LogP contribution in [0, 0.1) is 5.82 Å². The second-order valence-corrected chi connectivity index (χ2v) is 4.77. The van der Waals surface area contributed by atoms with Crippen molar-refractivity contribution in [1.29, 1.82) is 0 Å². The van der Waals surface area contributed by atoms with Crippen molar-refractivity contribution in [3.8, 4) is 0 Å². The van der Waals surface area contributed by atoms with Crippen LogP contribution in [0.5, 0.6) is 0 Å². The topological polar surface area (TPSA) is 42.2 Å². The zero-order valence-corrected chi connectivity index (χ0v) is 11.3. The number of nitrogens with zero attached hydrogens (tertiary/aromatic N) is 3. The largest absolute Gasteiger partial charge is 0.306 e. The predicted octanol–water partition coefficient (Wildman–Crippen LogP) is 2.81. The van der Waals surface area contributed by atoms with Crippen molar-refractivity contribution in [2.24, 2.45) is 0 Å². The Labute approximate surface area is 120 Å². The molecule has 3 rings (SSSR count). The number of rotatable bonds is 4. The van der Waals surface area contributed by atoms with E-state index in [1.54, 1.807) is 12.1 Å². The van der Waals surface area contributed by atoms with Crippen molar-refractivity contribution in [1.82, 2.24) is 19.9 Å². The summed E-state index contributed by atoms with van der Waals surface area (Å²) in [6, 6.07) is 10.7. The molecule has 1 aromatic carbocycles. The predicted molar refractivity (Wildman–Crippen MR) is 74.9 cm³/mol. The van der Waals surface area contributed by atoms with Crippen LogP contribution in [0.3, 0.4) is 0 Å². The number of nitrogens with one attached hydrogen (secondary N) is 1. The maximum absolute atomic E-state index is 13.7. The maximum Gasteiger partial charge on any atom is 0.160 e. The molecule has 0 bridgehead atoms. The Bertz CT molecular complexity index is 741. The van der Waals surface area contributed by atoms with Crippen LogP contribution in [0.4, 0.5) is 4.39 Å². The normalized spacial score (nSPS) is 11.1. The first kappa shape index (κ1) is 13.0. The molecule has 6 heteroatoms. The molecule has 0 radical (unpaired) electrons. The number of hydrogen-bond acceptors (Lipinski definition) is 3. The van der Waals surface area contributed by atoms with Gasteiger partial charge in [-0.25, -0.2) is 4.39 Å². The lowest BCUT2D eigenvalue weighted by atomic mass is 10.2. The van der Waals surface area contributed by atoms with Gasteiger partial charge >= 0.3 is 0 Å². The fourth-order valence-electron chi connectivity index (χ4n) is 2.01. The molecule has 0 atom stereocenters. The highest BCUT2D eigenvalue weighted by Gasteiger charge is 2.07. The zero-order chi connectivity index (χ0) is 13.9. The summed E-state index contributed by atoms with van der Waals surface area (Å²) in [5, 5.41) is 11.4. The molecule has 102 valence electrons. The highest BCUT2D eigenvalue weighted by atomic mass is 35.5. The van der Waals surface area contributed by atoms with E-state index in [4.69, 9.17) is 11.6 Å². The molecule has 0 aliphatic rings. The van der Waals surface area contributed by atoms with Crippen molar-refractivity contribution < 1.29 is 4.39 Å². The number of pyridine rings is 1. The van der Waals surface area contributed by atoms with Gasteiger partial charge in [0.05, 0.1) is 11.6 Å². The molecule has 0 unspecified atom stereocenters. The van der Waals surface area contributed by atoms with Crippen LogP contribution in [-0.2, 0) is 13.1 Å². The van der Waals surface area contributed by atoms with Crippen LogP contribution in [-0.4, -0.2) is 14.6 Å². The van der Waals surface area contributed by atoms with Gasteiger partial charge in [-0.05, 0) is 18.2 Å². The quantitative estimate of drug-likeness (QED) is 0.803. The van der Waals surface area contributed by atoms with Gasteiger partial charge < -0.3 is 5.32 Å². The monoisotopic (exact) mass is 290 g/mol. The van der Waals surface area contributed by atoms with E-state index in [-0.39, 0.29) is 10.8 Å². The molecular weight excluding hydrogens is 279 g/mol. The fourth-order valence-corrected chi connectivity index (χ4v) is 2.20. The second kappa shape index (κ2) is 5.56. The number of aromatic nitrogens is 3. The van der Waals surface area contributed by atoms with Crippen LogP contribution < -0.4 is 5.32 Å². The molecular formula is C14H12ClFN4. The van der Waals surface area contributed by atoms with Crippen LogP contribution in [0.15, 0.2) is 42.6 Å². The van der Waals surface area contributed by atoms with Gasteiger partial charge in [0, 0.05) is 18.3 Å². The van der Waals surface area contributed by atoms with Crippen LogP contribution in [0.1, 0.15) is 11.4 Å². The lowest BCUT2D eigenvalue weighted by Gasteiger charge is -2.06. The summed E-state index contributed by atoms with van der Waals surface area (Å²) in [5.74, 6) is 0.399. The summed E-state index contributed by atoms with van der Waals surface area (Å²) in [4.78, 5) is 0. The number of benzene rings is 1. The summed E-state index contributed by atoms with van der Waals surface area (Å²) in [5.41, 5.74) is 1.32. The van der Waals surface area contributed by atoms with Crippen LogP contribution in [0.2, 0.25) is 5.02 Å². The molecule has 20 heavy (non-hydrogen) atoms. The first-order valence-corrected chi connectivity index (χ1v) is 6.56. The smallest absolute Gasteiger partial charge is 0.160 e. The first-order chi connectivity index (χ1) is 9.75. The van der Waals surface area contributed by atoms with E-state index in [9.17, 15) is 4.39 Å². The van der Waals surface area contributed by atoms with Gasteiger partial charge in [-0.15, -0.1) is 10.2 Å². The van der Waals surface area contributed by atoms with Crippen molar-refractivity contribution in [2.45, 2.75) is 13.1 Å². The standard InChI is InChI=1S/C14H12ClFN4/c15-11-5-3-4-10(14(11)16)8-17-9-13-19-18-12-6-1-2-7-20(12)13/h1-7,17H,8-9H2. The molecule has 0 fully saturated rings. The lowest BCUT2D eigenvalue weighted by molar-refractivity contribution is 0.582. The average molecular weight is 291 g/mol. The van der Waals surface area contributed by atoms with Crippen LogP contribution >= 0.6 is 11.6 Å². The van der Waals surface area contributed by atoms with Gasteiger partial charge in [0.15, 0.2) is 11.5 Å². The molecule has 2 aromatic heterocycles. The van der Waals surface area contributed by atoms with E-state index in [0.717, 1.165) is 11.5 Å². The molecule has 0 saturated heterocycles. The Hall–Kier alpha value is -1.98. The number of fused-ring (bicyclic) bond motifs is 1. The molecule has 0 spiro atoms. The van der Waals surface area contributed by atoms with Gasteiger partial charge in [0.2, 0.25) is 0 Å². The third kappa shape index (κ3) is 2.50. The summed E-state index contributed by atoms with van der Waals surface area (Å²) < 4.78 is 15.6. The lowest BCUT2D eigenvalue weighted by Crippen LogP contribution is -2.15. The first-order valence-electron chi connectivity index (χ1n) is 6.18. The van der Waals surface area contributed by atoms with Gasteiger partial charge in [-0.2, -0.15) is 0 Å². The van der Waals surface area contributed by atoms with E-state index in [1.807, 2.05) is 28.8 Å². The summed E-state index contributed by atoms with van der Waals surface area (Å²) in [6.07, 6.45) is 1.90. The van der Waals surface area contributed by atoms with Crippen LogP contribution in [0.25, 0.3) is 5.65 Å². The highest BCUT2D eigenvalue weighted by Crippen LogP contribution is 2.17. The van der Waals surface area contributed by atoms with E-state index in [0.29, 0.717) is 18.7 Å². The van der Waals surface area contributed by atoms with E-state index >= 15 is 0 Å². The zero-order valence-electron chi connectivity index (χ0n) is 10.6. The molecule has 3 aromatic rings. The Morgan fingerprint density at radius 1 is 1.10 bits per heavy atom. The van der Waals surface area contributed by atoms with Gasteiger partial charge in [0.25, 0.3) is 0 Å². The summed E-state index contributed by atoms with van der Waals surface area (Å²) >= 11 is 5.74. The van der Waals surface area contributed by atoms with E-state index in [2.05, 4.69) is 15.5 Å². The summed E-state index contributed by atoms with van der Waals surface area (Å²) in [7, 11) is 0. The van der Waals surface area contributed by atoms with Gasteiger partial charge in [0.1, 0.15) is 5.82 Å². The molecule has 0 aliphatic carbocycles. The third-order valence-electron chi connectivity index (χ3n) is 3.01.